The zero-order valence-electron chi connectivity index (χ0n) is 17.2. The molecular formula is C23H27N3O3. The third-order valence-electron chi connectivity index (χ3n) is 5.79. The molecule has 2 aliphatic rings. The summed E-state index contributed by atoms with van der Waals surface area (Å²) in [7, 11) is 1.64. The number of methoxy groups -OCH3 is 1. The number of anilines is 2. The number of benzene rings is 1. The Morgan fingerprint density at radius 2 is 1.97 bits per heavy atom. The minimum Gasteiger partial charge on any atom is -0.497 e. The topological polar surface area (TPSA) is 86.5 Å². The van der Waals surface area contributed by atoms with Gasteiger partial charge in [-0.3, -0.25) is 0 Å². The smallest absolute Gasteiger partial charge is 0.336 e. The Labute approximate surface area is 171 Å². The first-order chi connectivity index (χ1) is 14.0. The predicted octanol–water partition coefficient (Wildman–Crippen LogP) is 3.95. The van der Waals surface area contributed by atoms with Crippen LogP contribution in [0.15, 0.2) is 35.5 Å². The van der Waals surface area contributed by atoms with Crippen molar-refractivity contribution in [1.29, 1.82) is 0 Å². The molecule has 2 aromatic rings. The first-order valence-electron chi connectivity index (χ1n) is 10.1. The first kappa shape index (κ1) is 19.3. The summed E-state index contributed by atoms with van der Waals surface area (Å²) in [6, 6.07) is 7.75. The van der Waals surface area contributed by atoms with E-state index in [1.165, 1.54) is 0 Å². The molecule has 0 saturated carbocycles. The molecule has 1 aliphatic carbocycles. The van der Waals surface area contributed by atoms with Crippen LogP contribution in [-0.4, -0.2) is 24.7 Å². The Kier molecular flexibility index (Phi) is 5.18. The number of esters is 1. The third kappa shape index (κ3) is 3.33. The van der Waals surface area contributed by atoms with Crippen molar-refractivity contribution in [2.45, 2.75) is 45.4 Å². The molecule has 2 heterocycles. The van der Waals surface area contributed by atoms with E-state index in [0.29, 0.717) is 12.2 Å². The Morgan fingerprint density at radius 1 is 1.24 bits per heavy atom. The van der Waals surface area contributed by atoms with Crippen LogP contribution in [0.4, 0.5) is 11.5 Å². The van der Waals surface area contributed by atoms with Crippen LogP contribution in [0.1, 0.15) is 55.0 Å². The Hall–Kier alpha value is -3.02. The standard InChI is InChI=1S/C23H27N3O3/c1-4-29-23(27)18-13(2)25-22-20(19(18)14-9-11-15(28-3)12-10-14)21(24)16-7-5-6-8-17(16)26-22/h9-12,19H,4-8H2,1-3H3,(H3,24,25,26)/t19-/m1/s1. The molecule has 0 saturated heterocycles. The van der Waals surface area contributed by atoms with Gasteiger partial charge in [-0.25, -0.2) is 9.78 Å². The maximum absolute atomic E-state index is 12.9. The lowest BCUT2D eigenvalue weighted by Gasteiger charge is -2.33. The van der Waals surface area contributed by atoms with Gasteiger partial charge in [0.2, 0.25) is 0 Å². The van der Waals surface area contributed by atoms with Crippen molar-refractivity contribution in [2.24, 2.45) is 0 Å². The molecule has 0 spiro atoms. The fourth-order valence-corrected chi connectivity index (χ4v) is 4.39. The summed E-state index contributed by atoms with van der Waals surface area (Å²) in [5.74, 6) is 0.837. The minimum atomic E-state index is -0.337. The molecule has 3 N–H and O–H groups in total. The molecule has 1 aromatic carbocycles. The average molecular weight is 393 g/mol. The quantitative estimate of drug-likeness (QED) is 0.765. The maximum atomic E-state index is 12.9. The molecular weight excluding hydrogens is 366 g/mol. The first-order valence-corrected chi connectivity index (χ1v) is 10.1. The molecule has 0 bridgehead atoms. The Morgan fingerprint density at radius 3 is 2.66 bits per heavy atom. The number of nitrogens with two attached hydrogens (primary N) is 1. The molecule has 0 amide bonds. The van der Waals surface area contributed by atoms with Crippen LogP contribution in [0.5, 0.6) is 5.75 Å². The molecule has 4 rings (SSSR count). The largest absolute Gasteiger partial charge is 0.497 e. The second kappa shape index (κ2) is 7.78. The number of rotatable bonds is 4. The van der Waals surface area contributed by atoms with Gasteiger partial charge in [0, 0.05) is 28.6 Å². The number of carbonyl (C=O) groups is 1. The van der Waals surface area contributed by atoms with Crippen LogP contribution in [-0.2, 0) is 22.4 Å². The number of hydrogen-bond acceptors (Lipinski definition) is 6. The summed E-state index contributed by atoms with van der Waals surface area (Å²) < 4.78 is 10.7. The molecule has 1 aliphatic heterocycles. The minimum absolute atomic E-state index is 0.315. The van der Waals surface area contributed by atoms with E-state index in [1.54, 1.807) is 7.11 Å². The van der Waals surface area contributed by atoms with E-state index in [4.69, 9.17) is 20.2 Å². The summed E-state index contributed by atoms with van der Waals surface area (Å²) >= 11 is 0. The average Bonchev–Trinajstić information content (AvgIpc) is 2.73. The normalized spacial score (nSPS) is 17.8. The van der Waals surface area contributed by atoms with Crippen LogP contribution in [0, 0.1) is 0 Å². The molecule has 29 heavy (non-hydrogen) atoms. The fraction of sp³-hybridized carbons (Fsp3) is 0.391. The van der Waals surface area contributed by atoms with Crippen LogP contribution < -0.4 is 15.8 Å². The van der Waals surface area contributed by atoms with Crippen molar-refractivity contribution in [2.75, 3.05) is 24.8 Å². The summed E-state index contributed by atoms with van der Waals surface area (Å²) in [6.45, 7) is 4.02. The van der Waals surface area contributed by atoms with Gasteiger partial charge in [0.25, 0.3) is 0 Å². The Bertz CT molecular complexity index is 980. The predicted molar refractivity (Wildman–Crippen MR) is 113 cm³/mol. The van der Waals surface area contributed by atoms with E-state index in [2.05, 4.69) is 5.32 Å². The van der Waals surface area contributed by atoms with E-state index in [9.17, 15) is 4.79 Å². The highest BCUT2D eigenvalue weighted by atomic mass is 16.5. The van der Waals surface area contributed by atoms with Crippen molar-refractivity contribution in [1.82, 2.24) is 4.98 Å². The molecule has 0 unspecified atom stereocenters. The molecule has 0 radical (unpaired) electrons. The van der Waals surface area contributed by atoms with E-state index in [-0.39, 0.29) is 11.9 Å². The molecule has 6 heteroatoms. The number of allylic oxidation sites excluding steroid dienone is 1. The fourth-order valence-electron chi connectivity index (χ4n) is 4.39. The number of aromatic nitrogens is 1. The highest BCUT2D eigenvalue weighted by Gasteiger charge is 2.37. The van der Waals surface area contributed by atoms with Crippen LogP contribution in [0.2, 0.25) is 0 Å². The number of nitrogen functional groups attached to an aromatic ring is 1. The van der Waals surface area contributed by atoms with Gasteiger partial charge < -0.3 is 20.5 Å². The summed E-state index contributed by atoms with van der Waals surface area (Å²) in [5, 5.41) is 3.33. The highest BCUT2D eigenvalue weighted by Crippen LogP contribution is 2.46. The molecule has 0 fully saturated rings. The van der Waals surface area contributed by atoms with Crippen molar-refractivity contribution in [3.8, 4) is 5.75 Å². The number of fused-ring (bicyclic) bond motifs is 2. The summed E-state index contributed by atoms with van der Waals surface area (Å²) in [5.41, 5.74) is 12.8. The van der Waals surface area contributed by atoms with E-state index < -0.39 is 0 Å². The zero-order valence-corrected chi connectivity index (χ0v) is 17.2. The van der Waals surface area contributed by atoms with Crippen molar-refractivity contribution in [3.05, 3.63) is 57.9 Å². The lowest BCUT2D eigenvalue weighted by Crippen LogP contribution is -2.27. The SMILES string of the molecule is CCOC(=O)C1=C(C)Nc2nc3c(c(N)c2[C@@H]1c1ccc(OC)cc1)CCCC3. The van der Waals surface area contributed by atoms with E-state index in [1.807, 2.05) is 38.1 Å². The monoisotopic (exact) mass is 393 g/mol. The van der Waals surface area contributed by atoms with E-state index >= 15 is 0 Å². The van der Waals surface area contributed by atoms with Crippen molar-refractivity contribution >= 4 is 17.5 Å². The van der Waals surface area contributed by atoms with Gasteiger partial charge in [-0.05, 0) is 62.8 Å². The summed E-state index contributed by atoms with van der Waals surface area (Å²) in [4.78, 5) is 17.8. The van der Waals surface area contributed by atoms with Crippen LogP contribution in [0.3, 0.4) is 0 Å². The van der Waals surface area contributed by atoms with Gasteiger partial charge in [0.05, 0.1) is 19.3 Å². The molecule has 152 valence electrons. The van der Waals surface area contributed by atoms with Gasteiger partial charge in [-0.15, -0.1) is 0 Å². The number of nitrogens with one attached hydrogen (secondary N) is 1. The van der Waals surface area contributed by atoms with Gasteiger partial charge in [-0.1, -0.05) is 12.1 Å². The zero-order chi connectivity index (χ0) is 20.5. The number of pyridine rings is 1. The lowest BCUT2D eigenvalue weighted by atomic mass is 9.79. The van der Waals surface area contributed by atoms with Crippen LogP contribution in [0.25, 0.3) is 0 Å². The Balaban J connectivity index is 1.93. The molecule has 1 atom stereocenters. The maximum Gasteiger partial charge on any atom is 0.336 e. The van der Waals surface area contributed by atoms with Crippen molar-refractivity contribution in [3.63, 3.8) is 0 Å². The second-order valence-corrected chi connectivity index (χ2v) is 7.51. The van der Waals surface area contributed by atoms with Gasteiger partial charge in [-0.2, -0.15) is 0 Å². The van der Waals surface area contributed by atoms with Gasteiger partial charge in [0.15, 0.2) is 0 Å². The molecule has 6 nitrogen and oxygen atoms in total. The highest BCUT2D eigenvalue weighted by molar-refractivity contribution is 5.95. The second-order valence-electron chi connectivity index (χ2n) is 7.51. The van der Waals surface area contributed by atoms with Gasteiger partial charge in [0.1, 0.15) is 11.6 Å². The number of nitrogens with zero attached hydrogens (tertiary/aromatic N) is 1. The summed E-state index contributed by atoms with van der Waals surface area (Å²) in [6.07, 6.45) is 4.10. The number of carbonyl (C=O) groups excluding carboxylic acids is 1. The lowest BCUT2D eigenvalue weighted by molar-refractivity contribution is -0.138. The van der Waals surface area contributed by atoms with Crippen molar-refractivity contribution < 1.29 is 14.3 Å². The number of hydrogen-bond donors (Lipinski definition) is 2. The molecule has 1 aromatic heterocycles. The number of ether oxygens (including phenoxy) is 2. The van der Waals surface area contributed by atoms with E-state index in [0.717, 1.165) is 71.0 Å². The van der Waals surface area contributed by atoms with Crippen LogP contribution >= 0.6 is 0 Å². The third-order valence-corrected chi connectivity index (χ3v) is 5.79. The van der Waals surface area contributed by atoms with Gasteiger partial charge >= 0.3 is 5.97 Å². The number of aryl methyl sites for hydroxylation is 1.